The van der Waals surface area contributed by atoms with Crippen molar-refractivity contribution in [2.75, 3.05) is 0 Å². The molecular formula is C32H18N4S2. The zero-order valence-corrected chi connectivity index (χ0v) is 21.6. The van der Waals surface area contributed by atoms with E-state index in [0.29, 0.717) is 0 Å². The Bertz CT molecular complexity index is 2200. The van der Waals surface area contributed by atoms with E-state index in [-0.39, 0.29) is 0 Å². The zero-order chi connectivity index (χ0) is 24.8. The third kappa shape index (κ3) is 2.73. The highest BCUT2D eigenvalue weighted by Crippen LogP contribution is 2.40. The molecular weight excluding hydrogens is 505 g/mol. The van der Waals surface area contributed by atoms with Crippen LogP contribution in [0.5, 0.6) is 0 Å². The lowest BCUT2D eigenvalue weighted by molar-refractivity contribution is 1.35. The summed E-state index contributed by atoms with van der Waals surface area (Å²) in [6.07, 6.45) is 0. The lowest BCUT2D eigenvalue weighted by Gasteiger charge is -2.08. The molecule has 6 heteroatoms. The normalized spacial score (nSPS) is 12.2. The summed E-state index contributed by atoms with van der Waals surface area (Å²) in [6, 6.07) is 38.8. The Kier molecular flexibility index (Phi) is 4.06. The number of aromatic nitrogens is 4. The van der Waals surface area contributed by atoms with Gasteiger partial charge in [0.05, 0.1) is 42.5 Å². The minimum absolute atomic E-state index is 1.03. The monoisotopic (exact) mass is 522 g/mol. The van der Waals surface area contributed by atoms with Crippen LogP contribution in [0.4, 0.5) is 0 Å². The maximum absolute atomic E-state index is 4.90. The summed E-state index contributed by atoms with van der Waals surface area (Å²) >= 11 is 3.52. The summed E-state index contributed by atoms with van der Waals surface area (Å²) in [5, 5.41) is 0. The maximum atomic E-state index is 4.90. The highest BCUT2D eigenvalue weighted by Gasteiger charge is 2.17. The molecule has 5 aromatic carbocycles. The van der Waals surface area contributed by atoms with E-state index < -0.39 is 0 Å². The molecule has 0 aliphatic carbocycles. The van der Waals surface area contributed by atoms with Gasteiger partial charge in [0, 0.05) is 11.1 Å². The van der Waals surface area contributed by atoms with Gasteiger partial charge in [-0.2, -0.15) is 0 Å². The number of rotatable bonds is 2. The van der Waals surface area contributed by atoms with Crippen molar-refractivity contribution < 1.29 is 0 Å². The first-order chi connectivity index (χ1) is 18.8. The number of fused-ring (bicyclic) bond motifs is 10. The fourth-order valence-electron chi connectivity index (χ4n) is 5.72. The second-order valence-electron chi connectivity index (χ2n) is 9.53. The molecule has 0 amide bonds. The lowest BCUT2D eigenvalue weighted by atomic mass is 9.98. The number of benzene rings is 5. The molecule has 4 aromatic heterocycles. The van der Waals surface area contributed by atoms with E-state index in [9.17, 15) is 0 Å². The van der Waals surface area contributed by atoms with Gasteiger partial charge in [0.1, 0.15) is 0 Å². The molecule has 0 saturated carbocycles. The van der Waals surface area contributed by atoms with Gasteiger partial charge in [-0.3, -0.25) is 8.80 Å². The molecule has 0 radical (unpaired) electrons. The van der Waals surface area contributed by atoms with Crippen molar-refractivity contribution in [3.8, 4) is 22.3 Å². The summed E-state index contributed by atoms with van der Waals surface area (Å²) in [7, 11) is 0. The number of para-hydroxylation sites is 4. The summed E-state index contributed by atoms with van der Waals surface area (Å²) < 4.78 is 7.10. The second kappa shape index (κ2) is 7.51. The average Bonchev–Trinajstić information content (AvgIpc) is 3.70. The quantitative estimate of drug-likeness (QED) is 0.227. The van der Waals surface area contributed by atoms with E-state index in [1.54, 1.807) is 22.7 Å². The van der Waals surface area contributed by atoms with Crippen LogP contribution in [0.25, 0.3) is 74.7 Å². The van der Waals surface area contributed by atoms with E-state index in [1.165, 1.54) is 42.7 Å². The zero-order valence-electron chi connectivity index (χ0n) is 20.0. The van der Waals surface area contributed by atoms with Gasteiger partial charge in [0.2, 0.25) is 0 Å². The van der Waals surface area contributed by atoms with E-state index in [4.69, 9.17) is 9.97 Å². The third-order valence-corrected chi connectivity index (χ3v) is 9.58. The Hall–Kier alpha value is -4.52. The maximum Gasteiger partial charge on any atom is 0.195 e. The van der Waals surface area contributed by atoms with E-state index in [2.05, 4.69) is 106 Å². The molecule has 0 atom stereocenters. The van der Waals surface area contributed by atoms with Crippen LogP contribution >= 0.6 is 22.7 Å². The topological polar surface area (TPSA) is 34.6 Å². The van der Waals surface area contributed by atoms with Crippen molar-refractivity contribution in [2.24, 2.45) is 0 Å². The molecule has 0 bridgehead atoms. The Labute approximate surface area is 224 Å². The molecule has 9 rings (SSSR count). The fraction of sp³-hybridized carbons (Fsp3) is 0. The smallest absolute Gasteiger partial charge is 0.195 e. The SMILES string of the molecule is c1cc(-c2cccc3c2sc2nc4ccccc4n23)cc(-c2cccc3c2sc2nc4ccccc4n23)c1. The molecule has 4 heterocycles. The lowest BCUT2D eigenvalue weighted by Crippen LogP contribution is -1.85. The van der Waals surface area contributed by atoms with Gasteiger partial charge < -0.3 is 0 Å². The van der Waals surface area contributed by atoms with Crippen molar-refractivity contribution in [3.05, 3.63) is 109 Å². The minimum Gasteiger partial charge on any atom is -0.283 e. The van der Waals surface area contributed by atoms with Crippen LogP contribution in [-0.2, 0) is 0 Å². The van der Waals surface area contributed by atoms with E-state index in [0.717, 1.165) is 32.0 Å². The molecule has 0 fully saturated rings. The van der Waals surface area contributed by atoms with Crippen molar-refractivity contribution >= 4 is 75.1 Å². The van der Waals surface area contributed by atoms with Crippen LogP contribution in [0.1, 0.15) is 0 Å². The van der Waals surface area contributed by atoms with E-state index >= 15 is 0 Å². The van der Waals surface area contributed by atoms with E-state index in [1.807, 2.05) is 12.1 Å². The third-order valence-electron chi connectivity index (χ3n) is 7.40. The number of hydrogen-bond donors (Lipinski definition) is 0. The van der Waals surface area contributed by atoms with Gasteiger partial charge in [0.15, 0.2) is 9.92 Å². The summed E-state index contributed by atoms with van der Waals surface area (Å²) in [5.74, 6) is 0. The predicted molar refractivity (Wildman–Crippen MR) is 161 cm³/mol. The van der Waals surface area contributed by atoms with Gasteiger partial charge >= 0.3 is 0 Å². The largest absolute Gasteiger partial charge is 0.283 e. The van der Waals surface area contributed by atoms with Gasteiger partial charge in [-0.25, -0.2) is 9.97 Å². The van der Waals surface area contributed by atoms with Gasteiger partial charge in [-0.15, -0.1) is 0 Å². The molecule has 0 N–H and O–H groups in total. The van der Waals surface area contributed by atoms with Crippen LogP contribution in [0.2, 0.25) is 0 Å². The molecule has 38 heavy (non-hydrogen) atoms. The number of thiazole rings is 2. The van der Waals surface area contributed by atoms with Crippen LogP contribution in [-0.4, -0.2) is 18.8 Å². The minimum atomic E-state index is 1.03. The standard InChI is InChI=1S/C32H18N4S2/c1-3-14-25-23(12-1)33-31-35(25)27-16-6-10-21(29(27)37-31)19-8-5-9-20(18-19)22-11-7-17-28-30(22)38-32-34-24-13-2-4-15-26(24)36(28)32/h1-18H. The first-order valence-electron chi connectivity index (χ1n) is 12.5. The summed E-state index contributed by atoms with van der Waals surface area (Å²) in [6.45, 7) is 0. The predicted octanol–water partition coefficient (Wildman–Crippen LogP) is 9.05. The molecule has 0 saturated heterocycles. The highest BCUT2D eigenvalue weighted by molar-refractivity contribution is 7.24. The number of nitrogens with zero attached hydrogens (tertiary/aromatic N) is 4. The van der Waals surface area contributed by atoms with Crippen molar-refractivity contribution in [1.29, 1.82) is 0 Å². The average molecular weight is 523 g/mol. The Balaban J connectivity index is 1.25. The summed E-state index contributed by atoms with van der Waals surface area (Å²) in [5.41, 5.74) is 11.7. The molecule has 0 unspecified atom stereocenters. The number of imidazole rings is 2. The van der Waals surface area contributed by atoms with Gasteiger partial charge in [-0.1, -0.05) is 89.4 Å². The number of hydrogen-bond acceptors (Lipinski definition) is 4. The molecule has 0 spiro atoms. The van der Waals surface area contributed by atoms with Crippen molar-refractivity contribution in [3.63, 3.8) is 0 Å². The highest BCUT2D eigenvalue weighted by atomic mass is 32.1. The molecule has 4 nitrogen and oxygen atoms in total. The molecule has 178 valence electrons. The Morgan fingerprint density at radius 1 is 0.447 bits per heavy atom. The van der Waals surface area contributed by atoms with Gasteiger partial charge in [-0.05, 0) is 53.6 Å². The fourth-order valence-corrected chi connectivity index (χ4v) is 8.07. The Morgan fingerprint density at radius 3 is 1.42 bits per heavy atom. The molecule has 9 aromatic rings. The molecule has 0 aliphatic rings. The Morgan fingerprint density at radius 2 is 0.895 bits per heavy atom. The van der Waals surface area contributed by atoms with Gasteiger partial charge in [0.25, 0.3) is 0 Å². The van der Waals surface area contributed by atoms with Crippen LogP contribution < -0.4 is 0 Å². The van der Waals surface area contributed by atoms with Crippen LogP contribution in [0.3, 0.4) is 0 Å². The van der Waals surface area contributed by atoms with Crippen LogP contribution in [0, 0.1) is 0 Å². The first-order valence-corrected chi connectivity index (χ1v) is 14.1. The molecule has 0 aliphatic heterocycles. The summed E-state index contributed by atoms with van der Waals surface area (Å²) in [4.78, 5) is 11.9. The van der Waals surface area contributed by atoms with Crippen molar-refractivity contribution in [1.82, 2.24) is 18.8 Å². The second-order valence-corrected chi connectivity index (χ2v) is 11.5. The van der Waals surface area contributed by atoms with Crippen molar-refractivity contribution in [2.45, 2.75) is 0 Å². The van der Waals surface area contributed by atoms with Crippen LogP contribution in [0.15, 0.2) is 109 Å². The first kappa shape index (κ1) is 20.5.